The summed E-state index contributed by atoms with van der Waals surface area (Å²) in [5, 5.41) is 6.74. The van der Waals surface area contributed by atoms with E-state index < -0.39 is 0 Å². The number of hydrogen-bond donors (Lipinski definition) is 2. The predicted octanol–water partition coefficient (Wildman–Crippen LogP) is 4.56. The number of amides is 1. The maximum atomic E-state index is 12.1. The molecule has 0 aromatic heterocycles. The average molecular weight is 391 g/mol. The van der Waals surface area contributed by atoms with Crippen molar-refractivity contribution in [1.29, 1.82) is 0 Å². The SMILES string of the molecule is COc1cc(CNC(C)(C)C)c(Cl)cc1OCC(=O)Nc1ccc(C)cc1. The van der Waals surface area contributed by atoms with E-state index in [1.54, 1.807) is 13.2 Å². The lowest BCUT2D eigenvalue weighted by atomic mass is 10.1. The molecule has 0 heterocycles. The third-order valence-electron chi connectivity index (χ3n) is 3.84. The molecule has 1 amide bonds. The van der Waals surface area contributed by atoms with Crippen molar-refractivity contribution in [3.8, 4) is 11.5 Å². The second-order valence-electron chi connectivity index (χ2n) is 7.40. The van der Waals surface area contributed by atoms with E-state index in [1.165, 1.54) is 0 Å². The number of rotatable bonds is 7. The molecule has 0 fully saturated rings. The summed E-state index contributed by atoms with van der Waals surface area (Å²) in [5.74, 6) is 0.713. The lowest BCUT2D eigenvalue weighted by Gasteiger charge is -2.21. The van der Waals surface area contributed by atoms with Crippen LogP contribution < -0.4 is 20.1 Å². The Morgan fingerprint density at radius 2 is 1.78 bits per heavy atom. The minimum Gasteiger partial charge on any atom is -0.493 e. The first kappa shape index (κ1) is 21.1. The van der Waals surface area contributed by atoms with Crippen molar-refractivity contribution in [2.75, 3.05) is 19.0 Å². The Balaban J connectivity index is 2.01. The molecule has 0 unspecified atom stereocenters. The summed E-state index contributed by atoms with van der Waals surface area (Å²) in [4.78, 5) is 12.1. The maximum absolute atomic E-state index is 12.1. The zero-order valence-electron chi connectivity index (χ0n) is 16.5. The number of ether oxygens (including phenoxy) is 2. The van der Waals surface area contributed by atoms with E-state index in [9.17, 15) is 4.79 Å². The van der Waals surface area contributed by atoms with Crippen LogP contribution in [0.15, 0.2) is 36.4 Å². The molecule has 0 aliphatic carbocycles. The van der Waals surface area contributed by atoms with Gasteiger partial charge in [0.15, 0.2) is 18.1 Å². The van der Waals surface area contributed by atoms with Gasteiger partial charge in [0.2, 0.25) is 0 Å². The highest BCUT2D eigenvalue weighted by atomic mass is 35.5. The largest absolute Gasteiger partial charge is 0.493 e. The monoisotopic (exact) mass is 390 g/mol. The van der Waals surface area contributed by atoms with Crippen LogP contribution in [-0.4, -0.2) is 25.2 Å². The molecule has 146 valence electrons. The fraction of sp³-hybridized carbons (Fsp3) is 0.381. The molecule has 6 heteroatoms. The summed E-state index contributed by atoms with van der Waals surface area (Å²) in [6, 6.07) is 11.1. The molecule has 2 aromatic rings. The minimum atomic E-state index is -0.254. The van der Waals surface area contributed by atoms with Crippen LogP contribution in [0.2, 0.25) is 5.02 Å². The van der Waals surface area contributed by atoms with Gasteiger partial charge in [0.1, 0.15) is 0 Å². The first-order valence-corrected chi connectivity index (χ1v) is 9.16. The van der Waals surface area contributed by atoms with Crippen LogP contribution in [0.5, 0.6) is 11.5 Å². The van der Waals surface area contributed by atoms with Crippen molar-refractivity contribution < 1.29 is 14.3 Å². The van der Waals surface area contributed by atoms with Gasteiger partial charge in [0.25, 0.3) is 5.91 Å². The van der Waals surface area contributed by atoms with Crippen LogP contribution in [0.25, 0.3) is 0 Å². The van der Waals surface area contributed by atoms with E-state index in [4.69, 9.17) is 21.1 Å². The Bertz CT molecular complexity index is 783. The topological polar surface area (TPSA) is 59.6 Å². The second-order valence-corrected chi connectivity index (χ2v) is 7.81. The molecule has 27 heavy (non-hydrogen) atoms. The molecule has 0 aliphatic rings. The average Bonchev–Trinajstić information content (AvgIpc) is 2.60. The highest BCUT2D eigenvalue weighted by molar-refractivity contribution is 6.31. The number of benzene rings is 2. The fourth-order valence-corrected chi connectivity index (χ4v) is 2.54. The van der Waals surface area contributed by atoms with Gasteiger partial charge in [-0.05, 0) is 51.5 Å². The van der Waals surface area contributed by atoms with Gasteiger partial charge in [-0.25, -0.2) is 0 Å². The number of hydrogen-bond acceptors (Lipinski definition) is 4. The van der Waals surface area contributed by atoms with E-state index in [1.807, 2.05) is 37.3 Å². The summed E-state index contributed by atoms with van der Waals surface area (Å²) >= 11 is 6.37. The Labute approximate surface area is 166 Å². The summed E-state index contributed by atoms with van der Waals surface area (Å²) in [7, 11) is 1.56. The molecule has 0 saturated heterocycles. The molecular weight excluding hydrogens is 364 g/mol. The van der Waals surface area contributed by atoms with Crippen LogP contribution in [0.3, 0.4) is 0 Å². The van der Waals surface area contributed by atoms with E-state index in [2.05, 4.69) is 31.4 Å². The molecule has 2 rings (SSSR count). The Hall–Kier alpha value is -2.24. The van der Waals surface area contributed by atoms with Crippen LogP contribution in [0, 0.1) is 6.92 Å². The number of methoxy groups -OCH3 is 1. The number of anilines is 1. The number of nitrogens with one attached hydrogen (secondary N) is 2. The van der Waals surface area contributed by atoms with Crippen LogP contribution in [-0.2, 0) is 11.3 Å². The third kappa shape index (κ3) is 6.77. The quantitative estimate of drug-likeness (QED) is 0.727. The molecule has 0 bridgehead atoms. The highest BCUT2D eigenvalue weighted by Gasteiger charge is 2.15. The van der Waals surface area contributed by atoms with Crippen molar-refractivity contribution >= 4 is 23.2 Å². The van der Waals surface area contributed by atoms with Crippen molar-refractivity contribution in [3.63, 3.8) is 0 Å². The molecule has 5 nitrogen and oxygen atoms in total. The zero-order chi connectivity index (χ0) is 20.0. The molecule has 2 aromatic carbocycles. The maximum Gasteiger partial charge on any atom is 0.262 e. The smallest absolute Gasteiger partial charge is 0.262 e. The first-order valence-electron chi connectivity index (χ1n) is 8.79. The van der Waals surface area contributed by atoms with E-state index in [0.717, 1.165) is 16.8 Å². The molecule has 0 radical (unpaired) electrons. The Kier molecular flexibility index (Phi) is 7.11. The molecule has 0 aliphatic heterocycles. The Morgan fingerprint density at radius 1 is 1.11 bits per heavy atom. The molecule has 0 saturated carbocycles. The molecule has 0 atom stereocenters. The van der Waals surface area contributed by atoms with Gasteiger partial charge in [-0.2, -0.15) is 0 Å². The summed E-state index contributed by atoms with van der Waals surface area (Å²) < 4.78 is 11.0. The van der Waals surface area contributed by atoms with Gasteiger partial charge < -0.3 is 20.1 Å². The minimum absolute atomic E-state index is 0.0280. The molecule has 2 N–H and O–H groups in total. The van der Waals surface area contributed by atoms with Crippen LogP contribution >= 0.6 is 11.6 Å². The van der Waals surface area contributed by atoms with E-state index in [0.29, 0.717) is 23.1 Å². The number of carbonyl (C=O) groups excluding carboxylic acids is 1. The number of halogens is 1. The third-order valence-corrected chi connectivity index (χ3v) is 4.19. The predicted molar refractivity (Wildman–Crippen MR) is 110 cm³/mol. The lowest BCUT2D eigenvalue weighted by molar-refractivity contribution is -0.118. The highest BCUT2D eigenvalue weighted by Crippen LogP contribution is 2.33. The number of carbonyl (C=O) groups is 1. The van der Waals surface area contributed by atoms with E-state index in [-0.39, 0.29) is 18.1 Å². The first-order chi connectivity index (χ1) is 12.7. The van der Waals surface area contributed by atoms with Gasteiger partial charge in [0, 0.05) is 28.9 Å². The summed E-state index contributed by atoms with van der Waals surface area (Å²) in [6.07, 6.45) is 0. The van der Waals surface area contributed by atoms with Crippen molar-refractivity contribution in [1.82, 2.24) is 5.32 Å². The summed E-state index contributed by atoms with van der Waals surface area (Å²) in [5.41, 5.74) is 2.73. The van der Waals surface area contributed by atoms with Crippen LogP contribution in [0.4, 0.5) is 5.69 Å². The molecular formula is C21H27ClN2O3. The zero-order valence-corrected chi connectivity index (χ0v) is 17.2. The lowest BCUT2D eigenvalue weighted by Crippen LogP contribution is -2.35. The van der Waals surface area contributed by atoms with Crippen molar-refractivity contribution in [3.05, 3.63) is 52.5 Å². The summed E-state index contributed by atoms with van der Waals surface area (Å²) in [6.45, 7) is 8.71. The van der Waals surface area contributed by atoms with Gasteiger partial charge in [-0.3, -0.25) is 4.79 Å². The second kappa shape index (κ2) is 9.11. The fourth-order valence-electron chi connectivity index (χ4n) is 2.32. The van der Waals surface area contributed by atoms with Crippen molar-refractivity contribution in [2.45, 2.75) is 39.8 Å². The normalized spacial score (nSPS) is 11.2. The standard InChI is InChI=1S/C21H27ClN2O3/c1-14-6-8-16(9-7-14)24-20(25)13-27-19-11-17(22)15(10-18(19)26-5)12-23-21(2,3)4/h6-11,23H,12-13H2,1-5H3,(H,24,25). The van der Waals surface area contributed by atoms with Gasteiger partial charge in [-0.15, -0.1) is 0 Å². The number of aryl methyl sites for hydroxylation is 1. The van der Waals surface area contributed by atoms with Gasteiger partial charge in [-0.1, -0.05) is 29.3 Å². The van der Waals surface area contributed by atoms with Gasteiger partial charge in [0.05, 0.1) is 7.11 Å². The van der Waals surface area contributed by atoms with Gasteiger partial charge >= 0.3 is 0 Å². The van der Waals surface area contributed by atoms with Crippen LogP contribution in [0.1, 0.15) is 31.9 Å². The Morgan fingerprint density at radius 3 is 2.37 bits per heavy atom. The molecule has 0 spiro atoms. The van der Waals surface area contributed by atoms with E-state index >= 15 is 0 Å². The van der Waals surface area contributed by atoms with Crippen molar-refractivity contribution in [2.24, 2.45) is 0 Å².